The molecule has 0 spiro atoms. The van der Waals surface area contributed by atoms with Crippen molar-refractivity contribution < 1.29 is 23.4 Å². The summed E-state index contributed by atoms with van der Waals surface area (Å²) in [5, 5.41) is 6.62. The molecule has 3 rings (SSSR count). The highest BCUT2D eigenvalue weighted by atomic mass is 19.1. The van der Waals surface area contributed by atoms with Crippen molar-refractivity contribution in [3.8, 4) is 11.5 Å². The second-order valence-corrected chi connectivity index (χ2v) is 6.38. The zero-order valence-corrected chi connectivity index (χ0v) is 16.9. The van der Waals surface area contributed by atoms with Gasteiger partial charge in [-0.1, -0.05) is 18.2 Å². The zero-order valence-electron chi connectivity index (χ0n) is 16.9. The van der Waals surface area contributed by atoms with Crippen LogP contribution in [0.4, 0.5) is 10.1 Å². The largest absolute Gasteiger partial charge is 0.492 e. The van der Waals surface area contributed by atoms with Crippen molar-refractivity contribution in [3.63, 3.8) is 0 Å². The van der Waals surface area contributed by atoms with Crippen molar-refractivity contribution >= 4 is 11.6 Å². The number of carbonyl (C=O) groups is 1. The summed E-state index contributed by atoms with van der Waals surface area (Å²) in [7, 11) is 1.52. The first-order chi connectivity index (χ1) is 15.1. The fourth-order valence-electron chi connectivity index (χ4n) is 2.62. The van der Waals surface area contributed by atoms with Crippen molar-refractivity contribution in [1.82, 2.24) is 9.78 Å². The van der Waals surface area contributed by atoms with Crippen LogP contribution in [0, 0.1) is 5.82 Å². The normalized spacial score (nSPS) is 10.5. The molecule has 0 radical (unpaired) electrons. The van der Waals surface area contributed by atoms with Crippen LogP contribution >= 0.6 is 0 Å². The number of para-hydroxylation sites is 1. The Balaban J connectivity index is 1.62. The molecule has 2 aromatic carbocycles. The quantitative estimate of drug-likeness (QED) is 0.501. The van der Waals surface area contributed by atoms with Crippen LogP contribution in [0.3, 0.4) is 0 Å². The molecule has 1 heterocycles. The second kappa shape index (κ2) is 10.9. The summed E-state index contributed by atoms with van der Waals surface area (Å²) in [5.74, 6) is -0.476. The lowest BCUT2D eigenvalue weighted by Crippen LogP contribution is -2.28. The van der Waals surface area contributed by atoms with E-state index in [1.54, 1.807) is 12.1 Å². The Labute approximate surface area is 178 Å². The summed E-state index contributed by atoms with van der Waals surface area (Å²) >= 11 is 0. The van der Waals surface area contributed by atoms with Crippen molar-refractivity contribution in [1.29, 1.82) is 0 Å². The van der Waals surface area contributed by atoms with Gasteiger partial charge in [0.15, 0.2) is 11.6 Å². The highest BCUT2D eigenvalue weighted by Crippen LogP contribution is 2.21. The highest BCUT2D eigenvalue weighted by molar-refractivity contribution is 6.02. The number of rotatable bonds is 10. The number of nitrogens with zero attached hydrogens (tertiary/aromatic N) is 2. The molecule has 9 heteroatoms. The summed E-state index contributed by atoms with van der Waals surface area (Å²) in [6, 6.07) is 15.8. The van der Waals surface area contributed by atoms with E-state index in [1.807, 2.05) is 18.2 Å². The number of ether oxygens (including phenoxy) is 3. The maximum atomic E-state index is 14.1. The van der Waals surface area contributed by atoms with Crippen molar-refractivity contribution in [2.75, 3.05) is 32.2 Å². The number of carbonyl (C=O) groups excluding carboxylic acids is 1. The molecule has 0 unspecified atom stereocenters. The summed E-state index contributed by atoms with van der Waals surface area (Å²) in [4.78, 5) is 24.5. The number of hydrogen-bond donors (Lipinski definition) is 1. The molecular formula is C22H22FN3O5. The Bertz CT molecular complexity index is 1070. The molecule has 1 amide bonds. The van der Waals surface area contributed by atoms with E-state index in [0.29, 0.717) is 12.4 Å². The molecule has 8 nitrogen and oxygen atoms in total. The molecule has 0 bridgehead atoms. The van der Waals surface area contributed by atoms with E-state index in [4.69, 9.17) is 14.2 Å². The maximum Gasteiger partial charge on any atom is 0.276 e. The van der Waals surface area contributed by atoms with Crippen LogP contribution in [0.2, 0.25) is 0 Å². The predicted molar refractivity (Wildman–Crippen MR) is 112 cm³/mol. The van der Waals surface area contributed by atoms with Gasteiger partial charge in [0.1, 0.15) is 24.7 Å². The Morgan fingerprint density at radius 3 is 2.58 bits per heavy atom. The average Bonchev–Trinajstić information content (AvgIpc) is 2.77. The smallest absolute Gasteiger partial charge is 0.276 e. The molecule has 0 saturated heterocycles. The van der Waals surface area contributed by atoms with Crippen LogP contribution in [0.1, 0.15) is 10.5 Å². The molecule has 3 aromatic rings. The molecule has 1 aromatic heterocycles. The third kappa shape index (κ3) is 6.38. The Hall–Kier alpha value is -3.72. The van der Waals surface area contributed by atoms with Crippen LogP contribution in [0.25, 0.3) is 0 Å². The first-order valence-electron chi connectivity index (χ1n) is 9.55. The fraction of sp³-hybridized carbons (Fsp3) is 0.227. The summed E-state index contributed by atoms with van der Waals surface area (Å²) in [5.41, 5.74) is -0.120. The van der Waals surface area contributed by atoms with E-state index >= 15 is 0 Å². The average molecular weight is 427 g/mol. The van der Waals surface area contributed by atoms with Gasteiger partial charge in [-0.2, -0.15) is 5.10 Å². The molecule has 1 N–H and O–H groups in total. The van der Waals surface area contributed by atoms with E-state index in [2.05, 4.69) is 10.4 Å². The Kier molecular flexibility index (Phi) is 7.72. The number of amides is 1. The fourth-order valence-corrected chi connectivity index (χ4v) is 2.62. The van der Waals surface area contributed by atoms with Crippen LogP contribution < -0.4 is 20.3 Å². The van der Waals surface area contributed by atoms with Gasteiger partial charge in [-0.25, -0.2) is 9.07 Å². The number of hydrogen-bond acceptors (Lipinski definition) is 6. The topological polar surface area (TPSA) is 91.7 Å². The molecule has 0 aliphatic heterocycles. The van der Waals surface area contributed by atoms with Gasteiger partial charge in [0, 0.05) is 24.9 Å². The monoisotopic (exact) mass is 427 g/mol. The molecule has 31 heavy (non-hydrogen) atoms. The number of aromatic nitrogens is 2. The number of anilines is 1. The van der Waals surface area contributed by atoms with Gasteiger partial charge in [0.2, 0.25) is 0 Å². The second-order valence-electron chi connectivity index (χ2n) is 6.38. The Morgan fingerprint density at radius 2 is 1.84 bits per heavy atom. The van der Waals surface area contributed by atoms with E-state index < -0.39 is 11.7 Å². The minimum atomic E-state index is -0.620. The standard InChI is InChI=1S/C22H22FN3O5/c1-29-13-14-31-20-9-7-16(15-18(20)23)24-22(28)19-8-10-21(27)26(25-19)11-12-30-17-5-3-2-4-6-17/h2-10,15H,11-14H2,1H3,(H,24,28). The van der Waals surface area contributed by atoms with Gasteiger partial charge in [0.25, 0.3) is 11.5 Å². The van der Waals surface area contributed by atoms with Crippen LogP contribution in [0.5, 0.6) is 11.5 Å². The van der Waals surface area contributed by atoms with Gasteiger partial charge in [-0.05, 0) is 30.3 Å². The van der Waals surface area contributed by atoms with Gasteiger partial charge in [-0.15, -0.1) is 0 Å². The number of methoxy groups -OCH3 is 1. The maximum absolute atomic E-state index is 14.1. The first kappa shape index (κ1) is 22.0. The molecule has 0 aliphatic carbocycles. The Morgan fingerprint density at radius 1 is 1.03 bits per heavy atom. The minimum absolute atomic E-state index is 0.0140. The van der Waals surface area contributed by atoms with Crippen LogP contribution in [-0.2, 0) is 11.3 Å². The summed E-state index contributed by atoms with van der Waals surface area (Å²) in [6.07, 6.45) is 0. The zero-order chi connectivity index (χ0) is 22.1. The number of halogens is 1. The lowest BCUT2D eigenvalue weighted by molar-refractivity contribution is 0.101. The van der Waals surface area contributed by atoms with Crippen LogP contribution in [-0.4, -0.2) is 42.6 Å². The van der Waals surface area contributed by atoms with E-state index in [-0.39, 0.29) is 42.4 Å². The van der Waals surface area contributed by atoms with Crippen molar-refractivity contribution in [2.45, 2.75) is 6.54 Å². The third-order valence-corrected chi connectivity index (χ3v) is 4.15. The molecule has 0 aliphatic rings. The van der Waals surface area contributed by atoms with E-state index in [1.165, 1.54) is 31.4 Å². The summed E-state index contributed by atoms with van der Waals surface area (Å²) in [6.45, 7) is 0.906. The molecule has 0 saturated carbocycles. The molecular weight excluding hydrogens is 405 g/mol. The SMILES string of the molecule is COCCOc1ccc(NC(=O)c2ccc(=O)n(CCOc3ccccc3)n2)cc1F. The van der Waals surface area contributed by atoms with Crippen LogP contribution in [0.15, 0.2) is 65.5 Å². The number of nitrogens with one attached hydrogen (secondary N) is 1. The lowest BCUT2D eigenvalue weighted by atomic mass is 10.2. The van der Waals surface area contributed by atoms with Gasteiger partial charge < -0.3 is 19.5 Å². The predicted octanol–water partition coefficient (Wildman–Crippen LogP) is 2.74. The minimum Gasteiger partial charge on any atom is -0.492 e. The first-order valence-corrected chi connectivity index (χ1v) is 9.55. The van der Waals surface area contributed by atoms with Gasteiger partial charge in [-0.3, -0.25) is 9.59 Å². The van der Waals surface area contributed by atoms with Crippen molar-refractivity contribution in [2.24, 2.45) is 0 Å². The van der Waals surface area contributed by atoms with Gasteiger partial charge >= 0.3 is 0 Å². The highest BCUT2D eigenvalue weighted by Gasteiger charge is 2.12. The molecule has 162 valence electrons. The van der Waals surface area contributed by atoms with Crippen molar-refractivity contribution in [3.05, 3.63) is 82.5 Å². The van der Waals surface area contributed by atoms with E-state index in [0.717, 1.165) is 10.7 Å². The third-order valence-electron chi connectivity index (χ3n) is 4.15. The summed E-state index contributed by atoms with van der Waals surface area (Å²) < 4.78 is 30.9. The van der Waals surface area contributed by atoms with Gasteiger partial charge in [0.05, 0.1) is 13.2 Å². The lowest BCUT2D eigenvalue weighted by Gasteiger charge is -2.10. The van der Waals surface area contributed by atoms with E-state index in [9.17, 15) is 14.0 Å². The number of benzene rings is 2. The molecule has 0 atom stereocenters. The molecule has 0 fully saturated rings.